The zero-order chi connectivity index (χ0) is 27.7. The SMILES string of the molecule is CCCC1=C2[C@@H](CC/C(=C/c3ccc(O)cc3Cl)CC)OB(O)C[C@@H]2[C@@H]2C(=O)N(C3CCCCC3)C(=O)[C@@H]2C1. The topological polar surface area (TPSA) is 87.1 Å². The van der Waals surface area contributed by atoms with Crippen LogP contribution in [0.5, 0.6) is 5.75 Å². The molecule has 1 aromatic carbocycles. The molecule has 2 heterocycles. The van der Waals surface area contributed by atoms with Crippen molar-refractivity contribution in [3.8, 4) is 5.75 Å². The van der Waals surface area contributed by atoms with Gasteiger partial charge in [-0.3, -0.25) is 14.5 Å². The van der Waals surface area contributed by atoms with E-state index in [4.69, 9.17) is 16.3 Å². The number of hydrogen-bond donors (Lipinski definition) is 2. The maximum Gasteiger partial charge on any atom is 0.455 e. The highest BCUT2D eigenvalue weighted by Crippen LogP contribution is 2.52. The average Bonchev–Trinajstić information content (AvgIpc) is 3.17. The van der Waals surface area contributed by atoms with E-state index >= 15 is 0 Å². The van der Waals surface area contributed by atoms with Gasteiger partial charge in [-0.25, -0.2) is 0 Å². The molecule has 8 heteroatoms. The molecule has 0 spiro atoms. The Morgan fingerprint density at radius 3 is 2.62 bits per heavy atom. The molecule has 210 valence electrons. The molecule has 2 amide bonds. The number of phenolic OH excluding ortho intramolecular Hbond substituents is 1. The standard InChI is InChI=1S/C31H41BClNO5/c1-3-8-21-16-24-29(31(37)34(30(24)36)22-9-6-5-7-10-22)25-18-32(38)39-27(28(21)25)14-11-19(4-2)15-20-12-13-23(35)17-26(20)33/h12-13,15,17,22,24-25,27,29,35,38H,3-11,14,16,18H2,1-2H3/b19-15+/t24-,25+,27-,29-/m1/s1. The molecule has 4 atom stereocenters. The summed E-state index contributed by atoms with van der Waals surface area (Å²) in [6.07, 6.45) is 12.1. The Balaban J connectivity index is 1.41. The lowest BCUT2D eigenvalue weighted by atomic mass is 9.58. The number of hydrogen-bond acceptors (Lipinski definition) is 5. The summed E-state index contributed by atoms with van der Waals surface area (Å²) in [6, 6.07) is 5.02. The Morgan fingerprint density at radius 1 is 1.15 bits per heavy atom. The number of amides is 2. The second kappa shape index (κ2) is 12.2. The summed E-state index contributed by atoms with van der Waals surface area (Å²) < 4.78 is 6.17. The number of imide groups is 1. The van der Waals surface area contributed by atoms with E-state index in [9.17, 15) is 19.7 Å². The van der Waals surface area contributed by atoms with E-state index in [1.807, 2.05) is 6.07 Å². The van der Waals surface area contributed by atoms with Crippen LogP contribution in [0.25, 0.3) is 6.08 Å². The predicted octanol–water partition coefficient (Wildman–Crippen LogP) is 6.55. The number of likely N-dealkylation sites (tertiary alicyclic amines) is 1. The van der Waals surface area contributed by atoms with Crippen LogP contribution in [0.2, 0.25) is 11.3 Å². The molecule has 2 saturated heterocycles. The van der Waals surface area contributed by atoms with E-state index in [1.54, 1.807) is 17.0 Å². The molecule has 0 aromatic heterocycles. The van der Waals surface area contributed by atoms with Crippen LogP contribution in [0, 0.1) is 17.8 Å². The molecule has 2 N–H and O–H groups in total. The number of carbonyl (C=O) groups is 2. The molecule has 5 rings (SSSR count). The Morgan fingerprint density at radius 2 is 1.92 bits per heavy atom. The fourth-order valence-corrected chi connectivity index (χ4v) is 7.78. The molecule has 39 heavy (non-hydrogen) atoms. The van der Waals surface area contributed by atoms with Gasteiger partial charge in [0, 0.05) is 6.04 Å². The first kappa shape index (κ1) is 28.4. The van der Waals surface area contributed by atoms with Crippen LogP contribution in [-0.4, -0.2) is 46.1 Å². The van der Waals surface area contributed by atoms with Crippen molar-refractivity contribution in [3.05, 3.63) is 45.5 Å². The highest BCUT2D eigenvalue weighted by molar-refractivity contribution is 6.43. The minimum absolute atomic E-state index is 0.0149. The summed E-state index contributed by atoms with van der Waals surface area (Å²) >= 11 is 6.36. The fourth-order valence-electron chi connectivity index (χ4n) is 7.55. The number of fused-ring (bicyclic) bond motifs is 3. The third kappa shape index (κ3) is 5.73. The third-order valence-corrected chi connectivity index (χ3v) is 9.69. The number of halogens is 1. The van der Waals surface area contributed by atoms with Gasteiger partial charge in [0.05, 0.1) is 23.0 Å². The summed E-state index contributed by atoms with van der Waals surface area (Å²) in [5.41, 5.74) is 4.49. The Labute approximate surface area is 237 Å². The van der Waals surface area contributed by atoms with Gasteiger partial charge in [0.1, 0.15) is 5.75 Å². The maximum atomic E-state index is 13.9. The minimum Gasteiger partial charge on any atom is -0.508 e. The van der Waals surface area contributed by atoms with Crippen LogP contribution in [-0.2, 0) is 14.2 Å². The van der Waals surface area contributed by atoms with Crippen molar-refractivity contribution in [3.63, 3.8) is 0 Å². The van der Waals surface area contributed by atoms with Crippen molar-refractivity contribution in [2.45, 2.75) is 103 Å². The maximum absolute atomic E-state index is 13.9. The third-order valence-electron chi connectivity index (χ3n) is 9.36. The quantitative estimate of drug-likeness (QED) is 0.217. The second-order valence-electron chi connectivity index (χ2n) is 11.8. The zero-order valence-corrected chi connectivity index (χ0v) is 24.0. The van der Waals surface area contributed by atoms with Crippen molar-refractivity contribution in [2.75, 3.05) is 0 Å². The summed E-state index contributed by atoms with van der Waals surface area (Å²) in [7, 11) is -0.947. The zero-order valence-electron chi connectivity index (χ0n) is 23.2. The van der Waals surface area contributed by atoms with Gasteiger partial charge < -0.3 is 14.8 Å². The Bertz CT molecular complexity index is 1160. The van der Waals surface area contributed by atoms with Crippen molar-refractivity contribution < 1.29 is 24.4 Å². The molecule has 1 saturated carbocycles. The lowest BCUT2D eigenvalue weighted by molar-refractivity contribution is -0.143. The smallest absolute Gasteiger partial charge is 0.455 e. The van der Waals surface area contributed by atoms with Gasteiger partial charge in [-0.05, 0) is 86.5 Å². The molecule has 6 nitrogen and oxygen atoms in total. The first-order chi connectivity index (χ1) is 18.8. The minimum atomic E-state index is -0.947. The number of phenols is 1. The summed E-state index contributed by atoms with van der Waals surface area (Å²) in [6.45, 7) is 4.26. The number of benzene rings is 1. The number of nitrogens with zero attached hydrogens (tertiary/aromatic N) is 1. The van der Waals surface area contributed by atoms with Gasteiger partial charge in [-0.2, -0.15) is 0 Å². The molecule has 2 aliphatic heterocycles. The normalized spacial score (nSPS) is 28.3. The van der Waals surface area contributed by atoms with E-state index in [1.165, 1.54) is 23.1 Å². The molecule has 1 aromatic rings. The molecule has 2 aliphatic carbocycles. The Hall–Kier alpha value is -2.09. The average molecular weight is 554 g/mol. The van der Waals surface area contributed by atoms with Gasteiger partial charge in [0.25, 0.3) is 0 Å². The molecule has 3 fully saturated rings. The highest BCUT2D eigenvalue weighted by Gasteiger charge is 2.58. The van der Waals surface area contributed by atoms with Crippen molar-refractivity contribution in [1.29, 1.82) is 0 Å². The van der Waals surface area contributed by atoms with Gasteiger partial charge in [0.2, 0.25) is 11.8 Å². The number of rotatable bonds is 8. The molecule has 4 aliphatic rings. The van der Waals surface area contributed by atoms with Crippen LogP contribution in [0.4, 0.5) is 0 Å². The summed E-state index contributed by atoms with van der Waals surface area (Å²) in [4.78, 5) is 29.2. The fraction of sp³-hybridized carbons (Fsp3) is 0.613. The van der Waals surface area contributed by atoms with Crippen LogP contribution in [0.3, 0.4) is 0 Å². The van der Waals surface area contributed by atoms with Crippen molar-refractivity contribution in [2.24, 2.45) is 17.8 Å². The van der Waals surface area contributed by atoms with E-state index < -0.39 is 7.12 Å². The van der Waals surface area contributed by atoms with Crippen LogP contribution in [0.15, 0.2) is 34.9 Å². The van der Waals surface area contributed by atoms with Crippen LogP contribution < -0.4 is 0 Å². The van der Waals surface area contributed by atoms with Crippen LogP contribution in [0.1, 0.15) is 90.0 Å². The number of aromatic hydroxyl groups is 1. The first-order valence-corrected chi connectivity index (χ1v) is 15.3. The van der Waals surface area contributed by atoms with E-state index in [0.717, 1.165) is 56.9 Å². The van der Waals surface area contributed by atoms with E-state index in [2.05, 4.69) is 19.9 Å². The van der Waals surface area contributed by atoms with E-state index in [0.29, 0.717) is 24.2 Å². The predicted molar refractivity (Wildman–Crippen MR) is 154 cm³/mol. The van der Waals surface area contributed by atoms with Crippen LogP contribution >= 0.6 is 11.6 Å². The van der Waals surface area contributed by atoms with Gasteiger partial charge >= 0.3 is 7.12 Å². The van der Waals surface area contributed by atoms with Gasteiger partial charge in [-0.1, -0.05) is 68.4 Å². The lowest BCUT2D eigenvalue weighted by Gasteiger charge is -2.43. The largest absolute Gasteiger partial charge is 0.508 e. The van der Waals surface area contributed by atoms with Crippen molar-refractivity contribution in [1.82, 2.24) is 4.90 Å². The molecule has 0 unspecified atom stereocenters. The molecular weight excluding hydrogens is 513 g/mol. The molecule has 0 radical (unpaired) electrons. The summed E-state index contributed by atoms with van der Waals surface area (Å²) in [5.74, 6) is -0.692. The monoisotopic (exact) mass is 553 g/mol. The Kier molecular flexibility index (Phi) is 8.90. The lowest BCUT2D eigenvalue weighted by Crippen LogP contribution is -2.46. The van der Waals surface area contributed by atoms with E-state index in [-0.39, 0.29) is 47.5 Å². The highest BCUT2D eigenvalue weighted by atomic mass is 35.5. The van der Waals surface area contributed by atoms with Crippen molar-refractivity contribution >= 4 is 36.6 Å². The molecular formula is C31H41BClNO5. The first-order valence-electron chi connectivity index (χ1n) is 14.9. The number of allylic oxidation sites excluding steroid dienone is 2. The van der Waals surface area contributed by atoms with Gasteiger partial charge in [-0.15, -0.1) is 0 Å². The second-order valence-corrected chi connectivity index (χ2v) is 12.2. The molecule has 0 bridgehead atoms. The van der Waals surface area contributed by atoms with Gasteiger partial charge in [0.15, 0.2) is 0 Å². The number of carbonyl (C=O) groups excluding carboxylic acids is 2. The summed E-state index contributed by atoms with van der Waals surface area (Å²) in [5, 5.41) is 21.0.